The van der Waals surface area contributed by atoms with E-state index >= 15 is 0 Å². The van der Waals surface area contributed by atoms with Crippen LogP contribution in [0.3, 0.4) is 0 Å². The molecule has 0 atom stereocenters. The second kappa shape index (κ2) is 5.97. The number of nitrogens with one attached hydrogen (secondary N) is 1. The number of rotatable bonds is 4. The van der Waals surface area contributed by atoms with Crippen LogP contribution in [0.5, 0.6) is 0 Å². The first kappa shape index (κ1) is 16.3. The van der Waals surface area contributed by atoms with Crippen LogP contribution in [0.2, 0.25) is 5.02 Å². The highest BCUT2D eigenvalue weighted by Crippen LogP contribution is 2.41. The summed E-state index contributed by atoms with van der Waals surface area (Å²) < 4.78 is 24.6. The molecule has 1 amide bonds. The molecule has 1 fully saturated rings. The van der Waals surface area contributed by atoms with Crippen LogP contribution < -0.4 is 5.32 Å². The van der Waals surface area contributed by atoms with Crippen LogP contribution in [0.25, 0.3) is 0 Å². The summed E-state index contributed by atoms with van der Waals surface area (Å²) in [6.45, 7) is 3.66. The number of benzene rings is 1. The molecule has 1 aromatic rings. The predicted octanol–water partition coefficient (Wildman–Crippen LogP) is 2.95. The van der Waals surface area contributed by atoms with Gasteiger partial charge in [0.1, 0.15) is 0 Å². The van der Waals surface area contributed by atoms with Crippen molar-refractivity contribution in [3.63, 3.8) is 0 Å². The van der Waals surface area contributed by atoms with Gasteiger partial charge in [-0.25, -0.2) is 8.42 Å². The minimum atomic E-state index is -3.73. The van der Waals surface area contributed by atoms with Crippen LogP contribution in [-0.4, -0.2) is 25.1 Å². The van der Waals surface area contributed by atoms with E-state index in [9.17, 15) is 13.2 Å². The van der Waals surface area contributed by atoms with E-state index in [1.807, 2.05) is 13.8 Å². The van der Waals surface area contributed by atoms with Crippen molar-refractivity contribution in [2.45, 2.75) is 55.2 Å². The van der Waals surface area contributed by atoms with E-state index in [2.05, 4.69) is 5.32 Å². The molecular formula is C15H20ClNO3S. The molecule has 116 valence electrons. The lowest BCUT2D eigenvalue weighted by Crippen LogP contribution is -2.52. The summed E-state index contributed by atoms with van der Waals surface area (Å²) in [6.07, 6.45) is 2.24. The highest BCUT2D eigenvalue weighted by molar-refractivity contribution is 7.93. The van der Waals surface area contributed by atoms with Gasteiger partial charge in [0.2, 0.25) is 5.91 Å². The maximum atomic E-state index is 13.0. The summed E-state index contributed by atoms with van der Waals surface area (Å²) in [5.41, 5.74) is 0. The molecule has 0 bridgehead atoms. The Bertz CT molecular complexity index is 617. The molecule has 1 saturated carbocycles. The van der Waals surface area contributed by atoms with Crippen molar-refractivity contribution < 1.29 is 13.2 Å². The van der Waals surface area contributed by atoms with Gasteiger partial charge < -0.3 is 5.32 Å². The average molecular weight is 330 g/mol. The number of halogens is 1. The molecular weight excluding hydrogens is 310 g/mol. The van der Waals surface area contributed by atoms with E-state index in [1.165, 1.54) is 24.3 Å². The van der Waals surface area contributed by atoms with E-state index in [-0.39, 0.29) is 16.8 Å². The van der Waals surface area contributed by atoms with Gasteiger partial charge in [0.25, 0.3) is 0 Å². The molecule has 2 rings (SSSR count). The van der Waals surface area contributed by atoms with Crippen LogP contribution in [0.4, 0.5) is 0 Å². The van der Waals surface area contributed by atoms with Crippen molar-refractivity contribution in [3.8, 4) is 0 Å². The van der Waals surface area contributed by atoms with E-state index in [0.717, 1.165) is 12.8 Å². The van der Waals surface area contributed by atoms with E-state index in [4.69, 9.17) is 11.6 Å². The predicted molar refractivity (Wildman–Crippen MR) is 83.1 cm³/mol. The summed E-state index contributed by atoms with van der Waals surface area (Å²) >= 11 is 5.81. The first-order chi connectivity index (χ1) is 9.79. The number of hydrogen-bond donors (Lipinski definition) is 1. The van der Waals surface area contributed by atoms with Crippen molar-refractivity contribution in [1.82, 2.24) is 5.32 Å². The van der Waals surface area contributed by atoms with Gasteiger partial charge in [0.15, 0.2) is 14.6 Å². The molecule has 0 unspecified atom stereocenters. The Hall–Kier alpha value is -1.07. The lowest BCUT2D eigenvalue weighted by molar-refractivity contribution is -0.124. The Balaban J connectivity index is 2.46. The van der Waals surface area contributed by atoms with Crippen LogP contribution in [-0.2, 0) is 14.6 Å². The SMILES string of the molecule is CC(C)NC(=O)C1(S(=O)(=O)c2ccc(Cl)cc2)CCCC1. The topological polar surface area (TPSA) is 63.2 Å². The highest BCUT2D eigenvalue weighted by atomic mass is 35.5. The maximum Gasteiger partial charge on any atom is 0.242 e. The average Bonchev–Trinajstić information content (AvgIpc) is 2.89. The fourth-order valence-electron chi connectivity index (χ4n) is 2.80. The molecule has 0 spiro atoms. The highest BCUT2D eigenvalue weighted by Gasteiger charge is 2.52. The number of hydrogen-bond acceptors (Lipinski definition) is 3. The van der Waals surface area contributed by atoms with Gasteiger partial charge in [-0.15, -0.1) is 0 Å². The van der Waals surface area contributed by atoms with Crippen molar-refractivity contribution >= 4 is 27.3 Å². The second-order valence-corrected chi connectivity index (χ2v) is 8.48. The molecule has 0 aliphatic heterocycles. The van der Waals surface area contributed by atoms with Gasteiger partial charge in [-0.2, -0.15) is 0 Å². The molecule has 1 N–H and O–H groups in total. The van der Waals surface area contributed by atoms with Crippen molar-refractivity contribution in [2.75, 3.05) is 0 Å². The molecule has 4 nitrogen and oxygen atoms in total. The van der Waals surface area contributed by atoms with Crippen LogP contribution in [0.15, 0.2) is 29.2 Å². The normalized spacial score (nSPS) is 17.9. The minimum Gasteiger partial charge on any atom is -0.353 e. The largest absolute Gasteiger partial charge is 0.353 e. The monoisotopic (exact) mass is 329 g/mol. The third kappa shape index (κ3) is 2.94. The van der Waals surface area contributed by atoms with Gasteiger partial charge in [-0.3, -0.25) is 4.79 Å². The first-order valence-electron chi connectivity index (χ1n) is 7.11. The van der Waals surface area contributed by atoms with Crippen LogP contribution in [0.1, 0.15) is 39.5 Å². The second-order valence-electron chi connectivity index (χ2n) is 5.79. The van der Waals surface area contributed by atoms with Crippen molar-refractivity contribution in [3.05, 3.63) is 29.3 Å². The summed E-state index contributed by atoms with van der Waals surface area (Å²) in [6, 6.07) is 5.94. The smallest absolute Gasteiger partial charge is 0.242 e. The Morgan fingerprint density at radius 3 is 2.19 bits per heavy atom. The van der Waals surface area contributed by atoms with Gasteiger partial charge in [-0.1, -0.05) is 24.4 Å². The molecule has 0 radical (unpaired) electrons. The number of sulfone groups is 1. The Morgan fingerprint density at radius 1 is 1.19 bits per heavy atom. The summed E-state index contributed by atoms with van der Waals surface area (Å²) in [4.78, 5) is 12.7. The molecule has 0 heterocycles. The zero-order valence-electron chi connectivity index (χ0n) is 12.2. The van der Waals surface area contributed by atoms with Crippen molar-refractivity contribution in [1.29, 1.82) is 0 Å². The molecule has 0 aromatic heterocycles. The third-order valence-electron chi connectivity index (χ3n) is 3.88. The van der Waals surface area contributed by atoms with Crippen LogP contribution >= 0.6 is 11.6 Å². The Labute approximate surface area is 130 Å². The summed E-state index contributed by atoms with van der Waals surface area (Å²) in [5.74, 6) is -0.384. The zero-order chi connectivity index (χ0) is 15.7. The fourth-order valence-corrected chi connectivity index (χ4v) is 5.00. The molecule has 21 heavy (non-hydrogen) atoms. The van der Waals surface area contributed by atoms with Gasteiger partial charge in [0, 0.05) is 11.1 Å². The number of amides is 1. The molecule has 1 aliphatic rings. The van der Waals surface area contributed by atoms with E-state index < -0.39 is 14.6 Å². The Kier molecular flexibility index (Phi) is 4.63. The zero-order valence-corrected chi connectivity index (χ0v) is 13.8. The molecule has 1 aromatic carbocycles. The van der Waals surface area contributed by atoms with Gasteiger partial charge >= 0.3 is 0 Å². The van der Waals surface area contributed by atoms with Crippen LogP contribution in [0, 0.1) is 0 Å². The summed E-state index contributed by atoms with van der Waals surface area (Å²) in [7, 11) is -3.73. The number of carbonyl (C=O) groups excluding carboxylic acids is 1. The number of carbonyl (C=O) groups is 1. The maximum absolute atomic E-state index is 13.0. The minimum absolute atomic E-state index is 0.0876. The molecule has 0 saturated heterocycles. The van der Waals surface area contributed by atoms with Gasteiger partial charge in [-0.05, 0) is 51.0 Å². The first-order valence-corrected chi connectivity index (χ1v) is 8.97. The Morgan fingerprint density at radius 2 is 1.71 bits per heavy atom. The molecule has 6 heteroatoms. The van der Waals surface area contributed by atoms with Crippen molar-refractivity contribution in [2.24, 2.45) is 0 Å². The lowest BCUT2D eigenvalue weighted by atomic mass is 10.1. The fraction of sp³-hybridized carbons (Fsp3) is 0.533. The standard InChI is InChI=1S/C15H20ClNO3S/c1-11(2)17-14(18)15(9-3-4-10-15)21(19,20)13-7-5-12(16)6-8-13/h5-8,11H,3-4,9-10H2,1-2H3,(H,17,18). The quantitative estimate of drug-likeness (QED) is 0.923. The third-order valence-corrected chi connectivity index (χ3v) is 6.65. The molecule has 1 aliphatic carbocycles. The lowest BCUT2D eigenvalue weighted by Gasteiger charge is -2.28. The van der Waals surface area contributed by atoms with Gasteiger partial charge in [0.05, 0.1) is 4.90 Å². The van der Waals surface area contributed by atoms with E-state index in [0.29, 0.717) is 17.9 Å². The summed E-state index contributed by atoms with van der Waals surface area (Å²) in [5, 5.41) is 3.24. The van der Waals surface area contributed by atoms with E-state index in [1.54, 1.807) is 0 Å².